The summed E-state index contributed by atoms with van der Waals surface area (Å²) in [6.07, 6.45) is 0. The first-order chi connectivity index (χ1) is 9.10. The van der Waals surface area contributed by atoms with E-state index >= 15 is 0 Å². The Kier molecular flexibility index (Phi) is 4.16. The third-order valence-electron chi connectivity index (χ3n) is 2.79. The van der Waals surface area contributed by atoms with Crippen LogP contribution in [0.15, 0.2) is 30.3 Å². The Balaban J connectivity index is 2.17. The number of nitrogens with zero attached hydrogens (tertiary/aromatic N) is 2. The minimum absolute atomic E-state index is 0.366. The summed E-state index contributed by atoms with van der Waals surface area (Å²) in [7, 11) is 0. The minimum Gasteiger partial charge on any atom is -0.477 e. The number of hydrogen-bond donors (Lipinski definition) is 1. The molecule has 2 aromatic heterocycles. The van der Waals surface area contributed by atoms with Crippen molar-refractivity contribution in [2.45, 2.75) is 20.4 Å². The van der Waals surface area contributed by atoms with Crippen LogP contribution in [0.1, 0.15) is 28.0 Å². The molecule has 4 nitrogen and oxygen atoms in total. The van der Waals surface area contributed by atoms with Gasteiger partial charge in [-0.25, -0.2) is 4.79 Å². The fourth-order valence-corrected chi connectivity index (χ4v) is 2.75. The maximum absolute atomic E-state index is 10.9. The molecular formula is C14H16N2O2S. The van der Waals surface area contributed by atoms with Crippen molar-refractivity contribution < 1.29 is 9.90 Å². The second-order valence-electron chi connectivity index (χ2n) is 4.23. The first-order valence-electron chi connectivity index (χ1n) is 6.10. The van der Waals surface area contributed by atoms with Gasteiger partial charge < -0.3 is 10.0 Å². The molecule has 5 heteroatoms. The molecule has 0 saturated carbocycles. The summed E-state index contributed by atoms with van der Waals surface area (Å²) in [5.41, 5.74) is 1.98. The number of hydrogen-bond acceptors (Lipinski definition) is 4. The Bertz CT molecular complexity index is 580. The van der Waals surface area contributed by atoms with E-state index in [1.807, 2.05) is 31.2 Å². The van der Waals surface area contributed by atoms with Gasteiger partial charge in [0.15, 0.2) is 0 Å². The SMILES string of the molecule is CCN(Cc1cccc(C)n1)c1ccc(C(=O)O)s1. The summed E-state index contributed by atoms with van der Waals surface area (Å²) in [5.74, 6) is -0.874. The van der Waals surface area contributed by atoms with E-state index in [0.29, 0.717) is 11.4 Å². The molecule has 0 radical (unpaired) electrons. The van der Waals surface area contributed by atoms with Gasteiger partial charge in [-0.1, -0.05) is 6.07 Å². The van der Waals surface area contributed by atoms with E-state index in [-0.39, 0.29) is 0 Å². The molecule has 100 valence electrons. The largest absolute Gasteiger partial charge is 0.477 e. The molecule has 0 atom stereocenters. The third kappa shape index (κ3) is 3.32. The molecule has 2 rings (SSSR count). The smallest absolute Gasteiger partial charge is 0.345 e. The lowest BCUT2D eigenvalue weighted by Crippen LogP contribution is -2.21. The predicted molar refractivity (Wildman–Crippen MR) is 77.0 cm³/mol. The second-order valence-corrected chi connectivity index (χ2v) is 5.29. The van der Waals surface area contributed by atoms with E-state index in [1.54, 1.807) is 6.07 Å². The van der Waals surface area contributed by atoms with Crippen LogP contribution in [0, 0.1) is 6.92 Å². The molecule has 0 aliphatic carbocycles. The van der Waals surface area contributed by atoms with Gasteiger partial charge in [-0.15, -0.1) is 11.3 Å². The molecule has 19 heavy (non-hydrogen) atoms. The standard InChI is InChI=1S/C14H16N2O2S/c1-3-16(9-11-6-4-5-10(2)15-11)13-8-7-12(19-13)14(17)18/h4-8H,3,9H2,1-2H3,(H,17,18). The number of carboxylic acids is 1. The van der Waals surface area contributed by atoms with Crippen molar-refractivity contribution in [2.75, 3.05) is 11.4 Å². The zero-order valence-corrected chi connectivity index (χ0v) is 11.8. The molecule has 0 aromatic carbocycles. The third-order valence-corrected chi connectivity index (χ3v) is 3.93. The number of carboxylic acid groups (broad SMARTS) is 1. The van der Waals surface area contributed by atoms with E-state index < -0.39 is 5.97 Å². The van der Waals surface area contributed by atoms with Crippen molar-refractivity contribution in [3.63, 3.8) is 0 Å². The number of aryl methyl sites for hydroxylation is 1. The molecule has 0 fully saturated rings. The van der Waals surface area contributed by atoms with Crippen LogP contribution in [-0.4, -0.2) is 22.6 Å². The van der Waals surface area contributed by atoms with Crippen LogP contribution < -0.4 is 4.90 Å². The Morgan fingerprint density at radius 2 is 2.16 bits per heavy atom. The van der Waals surface area contributed by atoms with Gasteiger partial charge in [0.1, 0.15) is 4.88 Å². The van der Waals surface area contributed by atoms with Gasteiger partial charge >= 0.3 is 5.97 Å². The van der Waals surface area contributed by atoms with E-state index in [9.17, 15) is 4.79 Å². The molecule has 2 aromatic rings. The number of pyridine rings is 1. The molecule has 0 spiro atoms. The highest BCUT2D eigenvalue weighted by Crippen LogP contribution is 2.27. The molecule has 0 aliphatic rings. The van der Waals surface area contributed by atoms with Crippen molar-refractivity contribution in [2.24, 2.45) is 0 Å². The second kappa shape index (κ2) is 5.84. The lowest BCUT2D eigenvalue weighted by atomic mass is 10.3. The fraction of sp³-hybridized carbons (Fsp3) is 0.286. The number of rotatable bonds is 5. The Labute approximate surface area is 116 Å². The number of thiophene rings is 1. The highest BCUT2D eigenvalue weighted by atomic mass is 32.1. The van der Waals surface area contributed by atoms with E-state index in [2.05, 4.69) is 16.8 Å². The quantitative estimate of drug-likeness (QED) is 0.911. The van der Waals surface area contributed by atoms with Gasteiger partial charge in [0, 0.05) is 12.2 Å². The van der Waals surface area contributed by atoms with E-state index in [1.165, 1.54) is 11.3 Å². The van der Waals surface area contributed by atoms with Crippen molar-refractivity contribution in [1.82, 2.24) is 4.98 Å². The van der Waals surface area contributed by atoms with Crippen LogP contribution in [0.5, 0.6) is 0 Å². The molecule has 0 bridgehead atoms. The summed E-state index contributed by atoms with van der Waals surface area (Å²) >= 11 is 1.30. The minimum atomic E-state index is -0.874. The van der Waals surface area contributed by atoms with Gasteiger partial charge in [-0.3, -0.25) is 4.98 Å². The molecule has 0 aliphatic heterocycles. The first kappa shape index (κ1) is 13.5. The summed E-state index contributed by atoms with van der Waals surface area (Å²) in [5, 5.41) is 9.92. The highest BCUT2D eigenvalue weighted by molar-refractivity contribution is 7.17. The molecular weight excluding hydrogens is 260 g/mol. The highest BCUT2D eigenvalue weighted by Gasteiger charge is 2.12. The van der Waals surface area contributed by atoms with Crippen LogP contribution >= 0.6 is 11.3 Å². The first-order valence-corrected chi connectivity index (χ1v) is 6.92. The van der Waals surface area contributed by atoms with Gasteiger partial charge in [-0.2, -0.15) is 0 Å². The van der Waals surface area contributed by atoms with Crippen LogP contribution in [-0.2, 0) is 6.54 Å². The topological polar surface area (TPSA) is 53.4 Å². The fourth-order valence-electron chi connectivity index (χ4n) is 1.84. The molecule has 0 amide bonds. The summed E-state index contributed by atoms with van der Waals surface area (Å²) < 4.78 is 0. The molecule has 1 N–H and O–H groups in total. The molecule has 0 saturated heterocycles. The normalized spacial score (nSPS) is 10.4. The zero-order valence-electron chi connectivity index (χ0n) is 11.0. The average Bonchev–Trinajstić information content (AvgIpc) is 2.85. The van der Waals surface area contributed by atoms with Crippen LogP contribution in [0.25, 0.3) is 0 Å². The average molecular weight is 276 g/mol. The monoisotopic (exact) mass is 276 g/mol. The van der Waals surface area contributed by atoms with E-state index in [0.717, 1.165) is 22.9 Å². The lowest BCUT2D eigenvalue weighted by molar-refractivity contribution is 0.0702. The van der Waals surface area contributed by atoms with Crippen molar-refractivity contribution >= 4 is 22.3 Å². The predicted octanol–water partition coefficient (Wildman–Crippen LogP) is 3.18. The van der Waals surface area contributed by atoms with Crippen molar-refractivity contribution in [1.29, 1.82) is 0 Å². The number of anilines is 1. The van der Waals surface area contributed by atoms with Gasteiger partial charge in [0.2, 0.25) is 0 Å². The zero-order chi connectivity index (χ0) is 13.8. The summed E-state index contributed by atoms with van der Waals surface area (Å²) in [4.78, 5) is 17.9. The number of carbonyl (C=O) groups is 1. The Morgan fingerprint density at radius 1 is 1.37 bits per heavy atom. The van der Waals surface area contributed by atoms with Crippen LogP contribution in [0.2, 0.25) is 0 Å². The summed E-state index contributed by atoms with van der Waals surface area (Å²) in [6, 6.07) is 9.44. The van der Waals surface area contributed by atoms with Crippen LogP contribution in [0.3, 0.4) is 0 Å². The molecule has 0 unspecified atom stereocenters. The maximum atomic E-state index is 10.9. The maximum Gasteiger partial charge on any atom is 0.345 e. The van der Waals surface area contributed by atoms with E-state index in [4.69, 9.17) is 5.11 Å². The number of aromatic carboxylic acids is 1. The van der Waals surface area contributed by atoms with Gasteiger partial charge in [0.05, 0.1) is 17.2 Å². The Hall–Kier alpha value is -1.88. The van der Waals surface area contributed by atoms with Crippen molar-refractivity contribution in [3.8, 4) is 0 Å². The van der Waals surface area contributed by atoms with Gasteiger partial charge in [0.25, 0.3) is 0 Å². The van der Waals surface area contributed by atoms with Crippen LogP contribution in [0.4, 0.5) is 5.00 Å². The summed E-state index contributed by atoms with van der Waals surface area (Å²) in [6.45, 7) is 5.52. The van der Waals surface area contributed by atoms with Gasteiger partial charge in [-0.05, 0) is 38.1 Å². The van der Waals surface area contributed by atoms with Crippen molar-refractivity contribution in [3.05, 3.63) is 46.6 Å². The molecule has 2 heterocycles. The Morgan fingerprint density at radius 3 is 2.74 bits per heavy atom. The number of aromatic nitrogens is 1. The lowest BCUT2D eigenvalue weighted by Gasteiger charge is -2.20.